The van der Waals surface area contributed by atoms with E-state index in [-0.39, 0.29) is 53.4 Å². The van der Waals surface area contributed by atoms with Crippen molar-refractivity contribution in [3.63, 3.8) is 0 Å². The van der Waals surface area contributed by atoms with E-state index < -0.39 is 23.0 Å². The van der Waals surface area contributed by atoms with Gasteiger partial charge in [0.05, 0.1) is 40.2 Å². The molecule has 0 radical (unpaired) electrons. The van der Waals surface area contributed by atoms with E-state index in [9.17, 15) is 9.59 Å². The van der Waals surface area contributed by atoms with Crippen molar-refractivity contribution < 1.29 is 27.9 Å². The molecule has 1 fully saturated rings. The van der Waals surface area contributed by atoms with Gasteiger partial charge in [-0.1, -0.05) is 0 Å². The standard InChI is InChI=1S/C19H18FN3O5S/c1-8-12(29-7-23-8)4-27-16-10(19(18(22)25)5-26-6-19)3-11-14(15(16)20)13(17(21)24)9(2)28-11/h3,7H,4-6H2,1-2H3,(H2,21,24)(H2,22,25). The van der Waals surface area contributed by atoms with E-state index in [1.54, 1.807) is 5.51 Å². The maximum atomic E-state index is 15.6. The van der Waals surface area contributed by atoms with Gasteiger partial charge in [-0.3, -0.25) is 9.59 Å². The van der Waals surface area contributed by atoms with Gasteiger partial charge in [0.25, 0.3) is 5.91 Å². The van der Waals surface area contributed by atoms with E-state index in [2.05, 4.69) is 4.98 Å². The van der Waals surface area contributed by atoms with Gasteiger partial charge in [0.2, 0.25) is 5.91 Å². The molecule has 29 heavy (non-hydrogen) atoms. The van der Waals surface area contributed by atoms with Crippen LogP contribution in [0.1, 0.15) is 32.3 Å². The molecule has 0 aliphatic carbocycles. The molecule has 1 saturated heterocycles. The van der Waals surface area contributed by atoms with Crippen LogP contribution in [-0.4, -0.2) is 30.0 Å². The second-order valence-electron chi connectivity index (χ2n) is 6.93. The molecular formula is C19H18FN3O5S. The van der Waals surface area contributed by atoms with Gasteiger partial charge in [-0.05, 0) is 19.9 Å². The molecule has 0 bridgehead atoms. The number of carbonyl (C=O) groups excluding carboxylic acids is 2. The summed E-state index contributed by atoms with van der Waals surface area (Å²) in [5.74, 6) is -2.34. The van der Waals surface area contributed by atoms with Crippen LogP contribution in [0, 0.1) is 19.7 Å². The fourth-order valence-corrected chi connectivity index (χ4v) is 4.13. The number of hydrogen-bond acceptors (Lipinski definition) is 7. The molecule has 1 aliphatic rings. The maximum Gasteiger partial charge on any atom is 0.252 e. The molecule has 2 aromatic heterocycles. The zero-order valence-corrected chi connectivity index (χ0v) is 16.5. The van der Waals surface area contributed by atoms with Crippen molar-refractivity contribution in [2.75, 3.05) is 13.2 Å². The Labute approximate surface area is 168 Å². The first-order valence-corrected chi connectivity index (χ1v) is 9.59. The maximum absolute atomic E-state index is 15.6. The molecule has 0 unspecified atom stereocenters. The molecular weight excluding hydrogens is 401 g/mol. The number of hydrogen-bond donors (Lipinski definition) is 2. The molecule has 2 amide bonds. The fraction of sp³-hybridized carbons (Fsp3) is 0.316. The van der Waals surface area contributed by atoms with Crippen LogP contribution in [0.25, 0.3) is 11.0 Å². The summed E-state index contributed by atoms with van der Waals surface area (Å²) in [6.07, 6.45) is 0. The van der Waals surface area contributed by atoms with Crippen LogP contribution >= 0.6 is 11.3 Å². The third kappa shape index (κ3) is 2.87. The Morgan fingerprint density at radius 2 is 2.07 bits per heavy atom. The monoisotopic (exact) mass is 419 g/mol. The van der Waals surface area contributed by atoms with E-state index in [0.717, 1.165) is 10.6 Å². The molecule has 0 atom stereocenters. The molecule has 10 heteroatoms. The number of nitrogens with zero attached hydrogens (tertiary/aromatic N) is 1. The van der Waals surface area contributed by atoms with Crippen LogP contribution in [0.4, 0.5) is 4.39 Å². The van der Waals surface area contributed by atoms with Gasteiger partial charge in [-0.25, -0.2) is 9.37 Å². The minimum atomic E-state index is -1.25. The Hall–Kier alpha value is -2.98. The van der Waals surface area contributed by atoms with E-state index in [1.807, 2.05) is 6.92 Å². The zero-order chi connectivity index (χ0) is 20.9. The Balaban J connectivity index is 1.93. The van der Waals surface area contributed by atoms with Gasteiger partial charge < -0.3 is 25.4 Å². The number of ether oxygens (including phenoxy) is 2. The van der Waals surface area contributed by atoms with Crippen molar-refractivity contribution in [2.45, 2.75) is 25.9 Å². The molecule has 0 spiro atoms. The number of aryl methyl sites for hydroxylation is 2. The van der Waals surface area contributed by atoms with Gasteiger partial charge in [0.1, 0.15) is 23.4 Å². The molecule has 4 rings (SSSR count). The minimum absolute atomic E-state index is 0.00834. The first kappa shape index (κ1) is 19.3. The van der Waals surface area contributed by atoms with E-state index in [4.69, 9.17) is 25.4 Å². The number of aromatic nitrogens is 1. The highest BCUT2D eigenvalue weighted by molar-refractivity contribution is 7.09. The summed E-state index contributed by atoms with van der Waals surface area (Å²) in [5.41, 5.74) is 12.4. The number of furan rings is 1. The van der Waals surface area contributed by atoms with Crippen molar-refractivity contribution in [2.24, 2.45) is 11.5 Å². The average molecular weight is 419 g/mol. The highest BCUT2D eigenvalue weighted by Gasteiger charge is 2.49. The second kappa shape index (κ2) is 6.82. The van der Waals surface area contributed by atoms with Crippen LogP contribution in [0.2, 0.25) is 0 Å². The summed E-state index contributed by atoms with van der Waals surface area (Å²) in [4.78, 5) is 29.0. The number of carbonyl (C=O) groups is 2. The summed E-state index contributed by atoms with van der Waals surface area (Å²) >= 11 is 1.36. The summed E-state index contributed by atoms with van der Waals surface area (Å²) in [7, 11) is 0. The number of halogens is 1. The summed E-state index contributed by atoms with van der Waals surface area (Å²) in [5, 5.41) is -0.0883. The summed E-state index contributed by atoms with van der Waals surface area (Å²) in [6, 6.07) is 1.47. The van der Waals surface area contributed by atoms with Crippen LogP contribution in [0.5, 0.6) is 5.75 Å². The van der Waals surface area contributed by atoms with Crippen molar-refractivity contribution in [1.29, 1.82) is 0 Å². The number of amides is 2. The SMILES string of the molecule is Cc1ncsc1COc1c(C2(C(N)=O)COC2)cc2oc(C)c(C(N)=O)c2c1F. The van der Waals surface area contributed by atoms with Crippen LogP contribution in [-0.2, 0) is 21.6 Å². The van der Waals surface area contributed by atoms with Crippen molar-refractivity contribution in [1.82, 2.24) is 4.98 Å². The van der Waals surface area contributed by atoms with Crippen LogP contribution < -0.4 is 16.2 Å². The van der Waals surface area contributed by atoms with Crippen molar-refractivity contribution in [3.05, 3.63) is 44.9 Å². The van der Waals surface area contributed by atoms with Gasteiger partial charge in [0.15, 0.2) is 11.6 Å². The molecule has 1 aromatic carbocycles. The molecule has 152 valence electrons. The Morgan fingerprint density at radius 1 is 1.34 bits per heavy atom. The van der Waals surface area contributed by atoms with Crippen LogP contribution in [0.15, 0.2) is 16.0 Å². The number of rotatable bonds is 6. The Morgan fingerprint density at radius 3 is 2.59 bits per heavy atom. The lowest BCUT2D eigenvalue weighted by Crippen LogP contribution is -2.56. The number of primary amides is 2. The van der Waals surface area contributed by atoms with Gasteiger partial charge in [-0.2, -0.15) is 0 Å². The Kier molecular flexibility index (Phi) is 4.55. The summed E-state index contributed by atoms with van der Waals surface area (Å²) in [6.45, 7) is 3.34. The number of benzene rings is 1. The third-order valence-corrected chi connectivity index (χ3v) is 6.08. The minimum Gasteiger partial charge on any atom is -0.485 e. The lowest BCUT2D eigenvalue weighted by atomic mass is 9.77. The molecule has 0 saturated carbocycles. The third-order valence-electron chi connectivity index (χ3n) is 5.17. The molecule has 1 aliphatic heterocycles. The second-order valence-corrected chi connectivity index (χ2v) is 7.87. The van der Waals surface area contributed by atoms with Gasteiger partial charge >= 0.3 is 0 Å². The molecule has 3 aromatic rings. The predicted molar refractivity (Wildman–Crippen MR) is 102 cm³/mol. The lowest BCUT2D eigenvalue weighted by Gasteiger charge is -2.39. The highest BCUT2D eigenvalue weighted by atomic mass is 32.1. The van der Waals surface area contributed by atoms with Crippen molar-refractivity contribution in [3.8, 4) is 5.75 Å². The normalized spacial score (nSPS) is 15.3. The zero-order valence-electron chi connectivity index (χ0n) is 15.7. The van der Waals surface area contributed by atoms with Crippen LogP contribution in [0.3, 0.4) is 0 Å². The first-order chi connectivity index (χ1) is 13.8. The predicted octanol–water partition coefficient (Wildman–Crippen LogP) is 2.08. The number of thiazole rings is 1. The molecule has 3 heterocycles. The fourth-order valence-electron chi connectivity index (χ4n) is 3.45. The number of fused-ring (bicyclic) bond motifs is 1. The first-order valence-electron chi connectivity index (χ1n) is 8.71. The van der Waals surface area contributed by atoms with E-state index in [1.165, 1.54) is 24.3 Å². The van der Waals surface area contributed by atoms with Crippen molar-refractivity contribution >= 4 is 34.1 Å². The topological polar surface area (TPSA) is 131 Å². The van der Waals surface area contributed by atoms with Gasteiger partial charge in [0, 0.05) is 5.56 Å². The summed E-state index contributed by atoms with van der Waals surface area (Å²) < 4.78 is 32.2. The quantitative estimate of drug-likeness (QED) is 0.629. The van der Waals surface area contributed by atoms with E-state index in [0.29, 0.717) is 0 Å². The van der Waals surface area contributed by atoms with Gasteiger partial charge in [-0.15, -0.1) is 11.3 Å². The average Bonchev–Trinajstić information content (AvgIpc) is 3.15. The van der Waals surface area contributed by atoms with E-state index >= 15 is 4.39 Å². The smallest absolute Gasteiger partial charge is 0.252 e. The molecule has 8 nitrogen and oxygen atoms in total. The Bertz CT molecular complexity index is 1150. The highest BCUT2D eigenvalue weighted by Crippen LogP contribution is 2.44. The largest absolute Gasteiger partial charge is 0.485 e. The lowest BCUT2D eigenvalue weighted by molar-refractivity contribution is -0.142. The number of nitrogens with two attached hydrogens (primary N) is 2. The molecule has 4 N–H and O–H groups in total.